The minimum absolute atomic E-state index is 0.541. The van der Waals surface area contributed by atoms with Gasteiger partial charge in [0.25, 0.3) is 0 Å². The van der Waals surface area contributed by atoms with Gasteiger partial charge in [0.05, 0.1) is 0 Å². The average molecular weight is 302 g/mol. The molecule has 1 aliphatic rings. The summed E-state index contributed by atoms with van der Waals surface area (Å²) in [6.07, 6.45) is 21.3. The molecule has 1 rings (SSSR count). The normalized spacial score (nSPS) is 19.0. The van der Waals surface area contributed by atoms with E-state index in [0.29, 0.717) is 6.42 Å². The van der Waals surface area contributed by atoms with E-state index in [4.69, 9.17) is 0 Å². The van der Waals surface area contributed by atoms with Crippen molar-refractivity contribution >= 4 is 0 Å². The molecule has 0 bridgehead atoms. The lowest BCUT2D eigenvalue weighted by molar-refractivity contribution is 0.389. The van der Waals surface area contributed by atoms with Crippen LogP contribution in [0, 0.1) is 0 Å². The fraction of sp³-hybridized carbons (Fsp3) is 0.524. The van der Waals surface area contributed by atoms with Crippen LogP contribution < -0.4 is 0 Å². The number of rotatable bonds is 8. The Morgan fingerprint density at radius 3 is 2.41 bits per heavy atom. The van der Waals surface area contributed by atoms with E-state index in [0.717, 1.165) is 12.0 Å². The fourth-order valence-corrected chi connectivity index (χ4v) is 2.79. The summed E-state index contributed by atoms with van der Waals surface area (Å²) in [4.78, 5) is 0. The van der Waals surface area contributed by atoms with Gasteiger partial charge in [-0.3, -0.25) is 0 Å². The average Bonchev–Trinajstić information content (AvgIpc) is 2.54. The molecule has 1 aliphatic carbocycles. The van der Waals surface area contributed by atoms with Crippen molar-refractivity contribution in [3.63, 3.8) is 0 Å². The van der Waals surface area contributed by atoms with E-state index in [1.54, 1.807) is 17.2 Å². The van der Waals surface area contributed by atoms with Gasteiger partial charge in [-0.15, -0.1) is 0 Å². The molecule has 0 aromatic heterocycles. The molecule has 22 heavy (non-hydrogen) atoms. The lowest BCUT2D eigenvalue weighted by Crippen LogP contribution is -1.98. The Labute approximate surface area is 136 Å². The summed E-state index contributed by atoms with van der Waals surface area (Å²) in [5.41, 5.74) is 4.31. The Balaban J connectivity index is 2.39. The maximum Gasteiger partial charge on any atom is 0.119 e. The van der Waals surface area contributed by atoms with Crippen LogP contribution in [0.25, 0.3) is 0 Å². The van der Waals surface area contributed by atoms with E-state index in [1.807, 2.05) is 38.2 Å². The Bertz CT molecular complexity index is 460. The summed E-state index contributed by atoms with van der Waals surface area (Å²) >= 11 is 0. The number of allylic oxidation sites excluding steroid dienone is 10. The smallest absolute Gasteiger partial charge is 0.119 e. The van der Waals surface area contributed by atoms with Gasteiger partial charge in [-0.1, -0.05) is 67.0 Å². The fourth-order valence-electron chi connectivity index (χ4n) is 2.79. The summed E-state index contributed by atoms with van der Waals surface area (Å²) in [5, 5.41) is 0. The molecule has 1 atom stereocenters. The predicted octanol–water partition coefficient (Wildman–Crippen LogP) is 7.02. The Hall–Kier alpha value is -1.37. The maximum absolute atomic E-state index is 13.2. The summed E-state index contributed by atoms with van der Waals surface area (Å²) < 4.78 is 13.2. The van der Waals surface area contributed by atoms with Gasteiger partial charge in [0, 0.05) is 0 Å². The van der Waals surface area contributed by atoms with Gasteiger partial charge < -0.3 is 0 Å². The van der Waals surface area contributed by atoms with Crippen molar-refractivity contribution in [2.75, 3.05) is 0 Å². The molecule has 0 aromatic rings. The Kier molecular flexibility index (Phi) is 9.54. The topological polar surface area (TPSA) is 0 Å². The number of alkyl halides is 1. The molecule has 122 valence electrons. The van der Waals surface area contributed by atoms with Gasteiger partial charge in [0.2, 0.25) is 0 Å². The van der Waals surface area contributed by atoms with Crippen molar-refractivity contribution in [1.29, 1.82) is 0 Å². The van der Waals surface area contributed by atoms with Crippen LogP contribution in [-0.4, -0.2) is 6.17 Å². The molecular weight excluding hydrogens is 271 g/mol. The Morgan fingerprint density at radius 1 is 1.05 bits per heavy atom. The van der Waals surface area contributed by atoms with Gasteiger partial charge >= 0.3 is 0 Å². The van der Waals surface area contributed by atoms with Crippen LogP contribution in [-0.2, 0) is 0 Å². The zero-order valence-electron chi connectivity index (χ0n) is 14.4. The molecule has 0 aromatic carbocycles. The van der Waals surface area contributed by atoms with Gasteiger partial charge in [-0.2, -0.15) is 0 Å². The van der Waals surface area contributed by atoms with Gasteiger partial charge in [0.15, 0.2) is 0 Å². The Morgan fingerprint density at radius 2 is 1.73 bits per heavy atom. The zero-order chi connectivity index (χ0) is 16.2. The first-order chi connectivity index (χ1) is 10.7. The standard InChI is InChI=1S/C21H31F/c1-4-19-14-11-12-16-20(19)15-10-8-6-7-9-13-18(3)17-21(22)5-2/h6-10,13,17,21H,4-5,11-12,14-16H2,1-3H3/b7-6-,10-8-,13-9-,18-17+. The van der Waals surface area contributed by atoms with E-state index in [9.17, 15) is 4.39 Å². The summed E-state index contributed by atoms with van der Waals surface area (Å²) in [6.45, 7) is 6.06. The third-order valence-corrected chi connectivity index (χ3v) is 4.16. The molecule has 0 nitrogen and oxygen atoms in total. The highest BCUT2D eigenvalue weighted by molar-refractivity contribution is 5.24. The number of hydrogen-bond donors (Lipinski definition) is 0. The van der Waals surface area contributed by atoms with Crippen molar-refractivity contribution < 1.29 is 4.39 Å². The first-order valence-electron chi connectivity index (χ1n) is 8.69. The van der Waals surface area contributed by atoms with Crippen molar-refractivity contribution in [2.24, 2.45) is 0 Å². The molecule has 0 radical (unpaired) electrons. The summed E-state index contributed by atoms with van der Waals surface area (Å²) in [7, 11) is 0. The molecule has 1 unspecified atom stereocenters. The van der Waals surface area contributed by atoms with Crippen LogP contribution in [0.3, 0.4) is 0 Å². The van der Waals surface area contributed by atoms with Crippen molar-refractivity contribution in [2.45, 2.75) is 71.9 Å². The SMILES string of the molecule is CCC1=C(C\C=C/C=C\C=C/C(C)=C/C(F)CC)CCCC1. The van der Waals surface area contributed by atoms with E-state index >= 15 is 0 Å². The zero-order valence-corrected chi connectivity index (χ0v) is 14.4. The maximum atomic E-state index is 13.2. The van der Waals surface area contributed by atoms with Crippen LogP contribution in [0.5, 0.6) is 0 Å². The predicted molar refractivity (Wildman–Crippen MR) is 96.8 cm³/mol. The minimum Gasteiger partial charge on any atom is -0.243 e. The van der Waals surface area contributed by atoms with E-state index in [1.165, 1.54) is 32.1 Å². The van der Waals surface area contributed by atoms with E-state index < -0.39 is 6.17 Å². The summed E-state index contributed by atoms with van der Waals surface area (Å²) in [5.74, 6) is 0. The largest absolute Gasteiger partial charge is 0.243 e. The highest BCUT2D eigenvalue weighted by Gasteiger charge is 2.09. The molecule has 0 fully saturated rings. The highest BCUT2D eigenvalue weighted by Crippen LogP contribution is 2.29. The highest BCUT2D eigenvalue weighted by atomic mass is 19.1. The quantitative estimate of drug-likeness (QED) is 0.334. The second-order valence-corrected chi connectivity index (χ2v) is 5.98. The molecule has 0 amide bonds. The van der Waals surface area contributed by atoms with Crippen LogP contribution in [0.4, 0.5) is 4.39 Å². The lowest BCUT2D eigenvalue weighted by Gasteiger charge is -2.18. The van der Waals surface area contributed by atoms with E-state index in [2.05, 4.69) is 19.1 Å². The molecular formula is C21H31F. The molecule has 0 aliphatic heterocycles. The first kappa shape index (κ1) is 18.7. The monoisotopic (exact) mass is 302 g/mol. The van der Waals surface area contributed by atoms with Crippen LogP contribution >= 0.6 is 0 Å². The van der Waals surface area contributed by atoms with Crippen molar-refractivity contribution in [3.05, 3.63) is 59.3 Å². The molecule has 1 heteroatoms. The number of hydrogen-bond acceptors (Lipinski definition) is 0. The lowest BCUT2D eigenvalue weighted by atomic mass is 9.88. The van der Waals surface area contributed by atoms with Gasteiger partial charge in [-0.05, 0) is 57.9 Å². The van der Waals surface area contributed by atoms with Gasteiger partial charge in [-0.25, -0.2) is 4.39 Å². The third kappa shape index (κ3) is 7.59. The molecule has 0 saturated carbocycles. The van der Waals surface area contributed by atoms with Crippen molar-refractivity contribution in [1.82, 2.24) is 0 Å². The second kappa shape index (κ2) is 11.2. The van der Waals surface area contributed by atoms with Crippen LogP contribution in [0.15, 0.2) is 59.3 Å². The van der Waals surface area contributed by atoms with Crippen molar-refractivity contribution in [3.8, 4) is 0 Å². The first-order valence-corrected chi connectivity index (χ1v) is 8.69. The third-order valence-electron chi connectivity index (χ3n) is 4.16. The second-order valence-electron chi connectivity index (χ2n) is 5.98. The molecule has 0 saturated heterocycles. The van der Waals surface area contributed by atoms with Crippen LogP contribution in [0.2, 0.25) is 0 Å². The van der Waals surface area contributed by atoms with Gasteiger partial charge in [0.1, 0.15) is 6.17 Å². The molecule has 0 spiro atoms. The minimum atomic E-state index is -0.829. The molecule has 0 heterocycles. The van der Waals surface area contributed by atoms with E-state index in [-0.39, 0.29) is 0 Å². The van der Waals surface area contributed by atoms with Crippen LogP contribution in [0.1, 0.15) is 65.7 Å². The summed E-state index contributed by atoms with van der Waals surface area (Å²) in [6, 6.07) is 0. The number of halogens is 1. The molecule has 0 N–H and O–H groups in total.